The lowest BCUT2D eigenvalue weighted by Crippen LogP contribution is -2.13. The van der Waals surface area contributed by atoms with E-state index in [4.69, 9.17) is 27.9 Å². The van der Waals surface area contributed by atoms with Crippen LogP contribution in [0.1, 0.15) is 11.1 Å². The van der Waals surface area contributed by atoms with Gasteiger partial charge in [0.2, 0.25) is 0 Å². The molecule has 2 aromatic carbocycles. The second-order valence-electron chi connectivity index (χ2n) is 5.97. The number of halogens is 2. The highest BCUT2D eigenvalue weighted by molar-refractivity contribution is 6.35. The number of nitriles is 1. The van der Waals surface area contributed by atoms with Crippen molar-refractivity contribution in [1.82, 2.24) is 4.98 Å². The lowest BCUT2D eigenvalue weighted by Gasteiger charge is -2.10. The van der Waals surface area contributed by atoms with Crippen molar-refractivity contribution in [2.45, 2.75) is 6.61 Å². The molecule has 0 atom stereocenters. The zero-order chi connectivity index (χ0) is 20.6. The molecule has 0 aliphatic carbocycles. The first kappa shape index (κ1) is 20.4. The van der Waals surface area contributed by atoms with Crippen molar-refractivity contribution in [1.29, 1.82) is 5.26 Å². The standard InChI is InChI=1S/C22H15Cl2N3O2/c23-18-9-19(24)11-20(10-18)27-22(28)17(12-25)8-16-5-1-2-6-21(16)29-14-15-4-3-7-26-13-15/h1-11,13H,14H2,(H,27,28)/b17-8+. The van der Waals surface area contributed by atoms with Crippen molar-refractivity contribution in [3.63, 3.8) is 0 Å². The quantitative estimate of drug-likeness (QED) is 0.418. The Labute approximate surface area is 178 Å². The molecular formula is C22H15Cl2N3O2. The number of nitrogens with one attached hydrogen (secondary N) is 1. The van der Waals surface area contributed by atoms with Crippen LogP contribution < -0.4 is 10.1 Å². The maximum Gasteiger partial charge on any atom is 0.266 e. The second-order valence-corrected chi connectivity index (χ2v) is 6.84. The summed E-state index contributed by atoms with van der Waals surface area (Å²) in [5.41, 5.74) is 1.82. The summed E-state index contributed by atoms with van der Waals surface area (Å²) in [5.74, 6) is -0.0319. The summed E-state index contributed by atoms with van der Waals surface area (Å²) >= 11 is 11.9. The van der Waals surface area contributed by atoms with Gasteiger partial charge in [-0.25, -0.2) is 0 Å². The van der Waals surface area contributed by atoms with Crippen LogP contribution in [0, 0.1) is 11.3 Å². The number of carbonyl (C=O) groups is 1. The smallest absolute Gasteiger partial charge is 0.266 e. The number of carbonyl (C=O) groups excluding carboxylic acids is 1. The molecule has 0 radical (unpaired) electrons. The van der Waals surface area contributed by atoms with Crippen molar-refractivity contribution in [2.24, 2.45) is 0 Å². The average Bonchev–Trinajstić information content (AvgIpc) is 2.71. The van der Waals surface area contributed by atoms with E-state index in [1.807, 2.05) is 24.3 Å². The zero-order valence-corrected chi connectivity index (χ0v) is 16.6. The van der Waals surface area contributed by atoms with Crippen molar-refractivity contribution in [3.05, 3.63) is 93.7 Å². The minimum Gasteiger partial charge on any atom is -0.488 e. The van der Waals surface area contributed by atoms with Gasteiger partial charge < -0.3 is 10.1 Å². The monoisotopic (exact) mass is 423 g/mol. The third-order valence-corrected chi connectivity index (χ3v) is 4.26. The molecule has 0 aliphatic rings. The van der Waals surface area contributed by atoms with Gasteiger partial charge in [0.05, 0.1) is 0 Å². The Morgan fingerprint density at radius 2 is 1.90 bits per heavy atom. The number of benzene rings is 2. The normalized spacial score (nSPS) is 10.9. The van der Waals surface area contributed by atoms with Crippen molar-refractivity contribution >= 4 is 40.9 Å². The van der Waals surface area contributed by atoms with E-state index in [0.29, 0.717) is 33.7 Å². The molecule has 0 bridgehead atoms. The number of amides is 1. The molecule has 0 saturated heterocycles. The molecule has 29 heavy (non-hydrogen) atoms. The van der Waals surface area contributed by atoms with E-state index >= 15 is 0 Å². The fourth-order valence-electron chi connectivity index (χ4n) is 2.50. The average molecular weight is 424 g/mol. The zero-order valence-electron chi connectivity index (χ0n) is 15.1. The van der Waals surface area contributed by atoms with Crippen LogP contribution >= 0.6 is 23.2 Å². The highest BCUT2D eigenvalue weighted by Gasteiger charge is 2.12. The van der Waals surface area contributed by atoms with Crippen LogP contribution in [-0.2, 0) is 11.4 Å². The Bertz CT molecular complexity index is 1070. The van der Waals surface area contributed by atoms with Crippen LogP contribution in [-0.4, -0.2) is 10.9 Å². The van der Waals surface area contributed by atoms with Crippen LogP contribution in [0.3, 0.4) is 0 Å². The molecule has 1 aromatic heterocycles. The molecule has 0 saturated carbocycles. The molecule has 144 valence electrons. The molecule has 0 fully saturated rings. The molecule has 1 heterocycles. The van der Waals surface area contributed by atoms with Gasteiger partial charge in [0.25, 0.3) is 5.91 Å². The molecular weight excluding hydrogens is 409 g/mol. The highest BCUT2D eigenvalue weighted by Crippen LogP contribution is 2.25. The molecule has 7 heteroatoms. The Morgan fingerprint density at radius 1 is 1.14 bits per heavy atom. The summed E-state index contributed by atoms with van der Waals surface area (Å²) < 4.78 is 5.84. The van der Waals surface area contributed by atoms with Crippen molar-refractivity contribution in [2.75, 3.05) is 5.32 Å². The van der Waals surface area contributed by atoms with Gasteiger partial charge in [-0.1, -0.05) is 47.5 Å². The molecule has 0 unspecified atom stereocenters. The van der Waals surface area contributed by atoms with E-state index in [9.17, 15) is 10.1 Å². The van der Waals surface area contributed by atoms with Gasteiger partial charge in [-0.05, 0) is 36.4 Å². The molecule has 3 aromatic rings. The third kappa shape index (κ3) is 5.82. The largest absolute Gasteiger partial charge is 0.488 e. The van der Waals surface area contributed by atoms with Crippen LogP contribution in [0.25, 0.3) is 6.08 Å². The van der Waals surface area contributed by atoms with Gasteiger partial charge in [0.1, 0.15) is 24.0 Å². The molecule has 0 aliphatic heterocycles. The van der Waals surface area contributed by atoms with E-state index in [-0.39, 0.29) is 5.57 Å². The maximum atomic E-state index is 12.5. The number of pyridine rings is 1. The lowest BCUT2D eigenvalue weighted by molar-refractivity contribution is -0.112. The molecule has 0 spiro atoms. The number of hydrogen-bond acceptors (Lipinski definition) is 4. The SMILES string of the molecule is N#C/C(=C\c1ccccc1OCc1cccnc1)C(=O)Nc1cc(Cl)cc(Cl)c1. The van der Waals surface area contributed by atoms with Crippen LogP contribution in [0.4, 0.5) is 5.69 Å². The summed E-state index contributed by atoms with van der Waals surface area (Å²) in [6.07, 6.45) is 4.87. The predicted molar refractivity (Wildman–Crippen MR) is 114 cm³/mol. The fourth-order valence-corrected chi connectivity index (χ4v) is 3.03. The number of anilines is 1. The summed E-state index contributed by atoms with van der Waals surface area (Å²) in [7, 11) is 0. The van der Waals surface area contributed by atoms with E-state index in [0.717, 1.165) is 5.56 Å². The summed E-state index contributed by atoms with van der Waals surface area (Å²) in [6.45, 7) is 0.313. The summed E-state index contributed by atoms with van der Waals surface area (Å²) in [6, 6.07) is 17.4. The van der Waals surface area contributed by atoms with Gasteiger partial charge in [-0.3, -0.25) is 9.78 Å². The number of para-hydroxylation sites is 1. The highest BCUT2D eigenvalue weighted by atomic mass is 35.5. The van der Waals surface area contributed by atoms with Crippen LogP contribution in [0.2, 0.25) is 10.0 Å². The first-order valence-corrected chi connectivity index (χ1v) is 9.31. The number of rotatable bonds is 6. The van der Waals surface area contributed by atoms with Crippen molar-refractivity contribution < 1.29 is 9.53 Å². The fraction of sp³-hybridized carbons (Fsp3) is 0.0455. The van der Waals surface area contributed by atoms with Crippen LogP contribution in [0.15, 0.2) is 72.6 Å². The molecule has 1 N–H and O–H groups in total. The second kappa shape index (κ2) is 9.74. The Balaban J connectivity index is 1.79. The predicted octanol–water partition coefficient (Wildman–Crippen LogP) is 5.51. The Morgan fingerprint density at radius 3 is 2.59 bits per heavy atom. The summed E-state index contributed by atoms with van der Waals surface area (Å²) in [5, 5.41) is 12.8. The maximum absolute atomic E-state index is 12.5. The Hall–Kier alpha value is -3.33. The van der Waals surface area contributed by atoms with E-state index in [1.54, 1.807) is 48.8 Å². The van der Waals surface area contributed by atoms with Gasteiger partial charge >= 0.3 is 0 Å². The summed E-state index contributed by atoms with van der Waals surface area (Å²) in [4.78, 5) is 16.6. The third-order valence-electron chi connectivity index (χ3n) is 3.82. The minimum atomic E-state index is -0.576. The number of nitrogens with zero attached hydrogens (tertiary/aromatic N) is 2. The molecule has 5 nitrogen and oxygen atoms in total. The lowest BCUT2D eigenvalue weighted by atomic mass is 10.1. The topological polar surface area (TPSA) is 75.0 Å². The molecule has 3 rings (SSSR count). The number of hydrogen-bond donors (Lipinski definition) is 1. The first-order valence-electron chi connectivity index (χ1n) is 8.55. The van der Waals surface area contributed by atoms with E-state index in [2.05, 4.69) is 10.3 Å². The van der Waals surface area contributed by atoms with Crippen molar-refractivity contribution in [3.8, 4) is 11.8 Å². The first-order chi connectivity index (χ1) is 14.0. The van der Waals surface area contributed by atoms with E-state index < -0.39 is 5.91 Å². The van der Waals surface area contributed by atoms with Gasteiger partial charge in [-0.2, -0.15) is 5.26 Å². The number of aromatic nitrogens is 1. The molecule has 1 amide bonds. The number of ether oxygens (including phenoxy) is 1. The van der Waals surface area contributed by atoms with Gasteiger partial charge in [0.15, 0.2) is 0 Å². The minimum absolute atomic E-state index is 0.0847. The Kier molecular flexibility index (Phi) is 6.85. The van der Waals surface area contributed by atoms with Gasteiger partial charge in [0, 0.05) is 39.3 Å². The van der Waals surface area contributed by atoms with Crippen LogP contribution in [0.5, 0.6) is 5.75 Å². The van der Waals surface area contributed by atoms with Gasteiger partial charge in [-0.15, -0.1) is 0 Å². The van der Waals surface area contributed by atoms with E-state index in [1.165, 1.54) is 6.08 Å².